The van der Waals surface area contributed by atoms with Gasteiger partial charge in [0.25, 0.3) is 10.0 Å². The maximum atomic E-state index is 15.0. The fourth-order valence-electron chi connectivity index (χ4n) is 4.01. The lowest BCUT2D eigenvalue weighted by molar-refractivity contribution is -0.00434. The van der Waals surface area contributed by atoms with E-state index in [0.29, 0.717) is 18.2 Å². The zero-order valence-electron chi connectivity index (χ0n) is 18.8. The second-order valence-corrected chi connectivity index (χ2v) is 9.67. The summed E-state index contributed by atoms with van der Waals surface area (Å²) < 4.78 is 63.1. The minimum Gasteiger partial charge on any atom is -0.484 e. The molecule has 8 nitrogen and oxygen atoms in total. The Hall–Kier alpha value is -3.08. The molecule has 11 heteroatoms. The van der Waals surface area contributed by atoms with E-state index in [9.17, 15) is 17.2 Å². The van der Waals surface area contributed by atoms with E-state index in [-0.39, 0.29) is 17.5 Å². The predicted molar refractivity (Wildman–Crippen MR) is 121 cm³/mol. The molecule has 0 aliphatic heterocycles. The largest absolute Gasteiger partial charge is 0.484 e. The Balaban J connectivity index is 1.89. The summed E-state index contributed by atoms with van der Waals surface area (Å²) in [5, 5.41) is 5.86. The molecule has 2 atom stereocenters. The Kier molecular flexibility index (Phi) is 7.31. The Morgan fingerprint density at radius 1 is 1.36 bits per heavy atom. The van der Waals surface area contributed by atoms with Gasteiger partial charge in [-0.3, -0.25) is 9.73 Å². The van der Waals surface area contributed by atoms with Crippen LogP contribution in [0.3, 0.4) is 0 Å². The first-order valence-electron chi connectivity index (χ1n) is 10.5. The van der Waals surface area contributed by atoms with E-state index < -0.39 is 32.2 Å². The van der Waals surface area contributed by atoms with Gasteiger partial charge in [-0.1, -0.05) is 13.0 Å². The van der Waals surface area contributed by atoms with E-state index in [2.05, 4.69) is 26.4 Å². The predicted octanol–water partition coefficient (Wildman–Crippen LogP) is 4.33. The maximum absolute atomic E-state index is 15.0. The summed E-state index contributed by atoms with van der Waals surface area (Å²) in [5.74, 6) is -2.76. The molecular formula is C22H27F2N5O3S. The summed E-state index contributed by atoms with van der Waals surface area (Å²) in [5.41, 5.74) is -0.177. The zero-order valence-corrected chi connectivity index (χ0v) is 19.6. The van der Waals surface area contributed by atoms with Crippen LogP contribution in [0.5, 0.6) is 5.75 Å². The van der Waals surface area contributed by atoms with Gasteiger partial charge in [-0.05, 0) is 39.2 Å². The van der Waals surface area contributed by atoms with Gasteiger partial charge < -0.3 is 4.74 Å². The number of hydrazone groups is 1. The average molecular weight is 480 g/mol. The van der Waals surface area contributed by atoms with E-state index in [0.717, 1.165) is 31.7 Å². The number of hydrogen-bond acceptors (Lipinski definition) is 7. The second kappa shape index (κ2) is 9.82. The molecule has 1 aliphatic rings. The monoisotopic (exact) mass is 479 g/mol. The quantitative estimate of drug-likeness (QED) is 0.447. The van der Waals surface area contributed by atoms with Crippen molar-refractivity contribution in [2.24, 2.45) is 11.0 Å². The van der Waals surface area contributed by atoms with Crippen LogP contribution in [0.15, 0.2) is 53.0 Å². The van der Waals surface area contributed by atoms with E-state index in [1.54, 1.807) is 25.2 Å². The fourth-order valence-corrected chi connectivity index (χ4v) is 5.09. The van der Waals surface area contributed by atoms with Gasteiger partial charge in [0, 0.05) is 43.2 Å². The highest BCUT2D eigenvalue weighted by Crippen LogP contribution is 2.42. The smallest absolute Gasteiger partial charge is 0.266 e. The summed E-state index contributed by atoms with van der Waals surface area (Å²) >= 11 is 0. The first-order valence-corrected chi connectivity index (χ1v) is 11.9. The average Bonchev–Trinajstić information content (AvgIpc) is 2.76. The standard InChI is InChI=1S/C22H27F2N5O3S/c1-5-27-29(4)15(2)16-8-6-7-10-22(16,3)32-19-12-18(24)20(13-17(19)23)33(30,31)28-21-9-11-25-14-26-21/h5,9,11-14,16H,2,6-8,10H2,1,3-4H3,(H,25,26,28)/b27-5-/t16-,22+/m1/s1. The van der Waals surface area contributed by atoms with E-state index in [4.69, 9.17) is 4.74 Å². The van der Waals surface area contributed by atoms with Gasteiger partial charge in [0.1, 0.15) is 28.5 Å². The second-order valence-electron chi connectivity index (χ2n) is 8.01. The van der Waals surface area contributed by atoms with Crippen molar-refractivity contribution in [3.05, 3.63) is 54.6 Å². The lowest BCUT2D eigenvalue weighted by atomic mass is 9.74. The zero-order chi connectivity index (χ0) is 24.2. The molecule has 1 aromatic heterocycles. The van der Waals surface area contributed by atoms with Crippen molar-refractivity contribution in [3.63, 3.8) is 0 Å². The molecule has 0 radical (unpaired) electrons. The molecule has 1 aromatic carbocycles. The van der Waals surface area contributed by atoms with Gasteiger partial charge in [0.15, 0.2) is 11.6 Å². The summed E-state index contributed by atoms with van der Waals surface area (Å²) in [6.45, 7) is 7.74. The van der Waals surface area contributed by atoms with Crippen LogP contribution in [-0.4, -0.2) is 42.3 Å². The number of nitrogens with zero attached hydrogens (tertiary/aromatic N) is 4. The SMILES string of the molecule is C=C([C@H]1CCCC[C@]1(C)Oc1cc(F)c(S(=O)(=O)Nc2ccncn2)cc1F)N(C)/N=C\C. The maximum Gasteiger partial charge on any atom is 0.266 e. The fraction of sp³-hybridized carbons (Fsp3) is 0.409. The molecule has 1 heterocycles. The number of nitrogens with one attached hydrogen (secondary N) is 1. The van der Waals surface area contributed by atoms with Crippen molar-refractivity contribution >= 4 is 22.1 Å². The number of rotatable bonds is 8. The molecular weight excluding hydrogens is 452 g/mol. The molecule has 0 amide bonds. The van der Waals surface area contributed by atoms with Crippen LogP contribution in [-0.2, 0) is 10.0 Å². The van der Waals surface area contributed by atoms with Crippen LogP contribution >= 0.6 is 0 Å². The Morgan fingerprint density at radius 3 is 2.79 bits per heavy atom. The Labute approximate surface area is 192 Å². The molecule has 178 valence electrons. The highest BCUT2D eigenvalue weighted by atomic mass is 32.2. The number of sulfonamides is 1. The first-order chi connectivity index (χ1) is 15.6. The number of halogens is 2. The third kappa shape index (κ3) is 5.47. The van der Waals surface area contributed by atoms with Gasteiger partial charge >= 0.3 is 0 Å². The molecule has 0 spiro atoms. The molecule has 0 saturated heterocycles. The molecule has 0 unspecified atom stereocenters. The Bertz CT molecular complexity index is 1140. The molecule has 0 bridgehead atoms. The van der Waals surface area contributed by atoms with Crippen molar-refractivity contribution in [2.45, 2.75) is 50.0 Å². The first kappa shape index (κ1) is 24.6. The van der Waals surface area contributed by atoms with Crippen LogP contribution in [0.4, 0.5) is 14.6 Å². The number of ether oxygens (including phenoxy) is 1. The highest BCUT2D eigenvalue weighted by Gasteiger charge is 2.42. The number of anilines is 1. The number of benzene rings is 1. The molecule has 1 saturated carbocycles. The van der Waals surface area contributed by atoms with Crippen LogP contribution in [0, 0.1) is 17.6 Å². The minimum atomic E-state index is -4.42. The summed E-state index contributed by atoms with van der Waals surface area (Å²) in [7, 11) is -2.66. The van der Waals surface area contributed by atoms with Crippen molar-refractivity contribution in [1.29, 1.82) is 0 Å². The van der Waals surface area contributed by atoms with Gasteiger partial charge in [0.05, 0.1) is 0 Å². The third-order valence-corrected chi connectivity index (χ3v) is 7.07. The summed E-state index contributed by atoms with van der Waals surface area (Å²) in [4.78, 5) is 6.56. The van der Waals surface area contributed by atoms with E-state index in [1.807, 2.05) is 6.92 Å². The lowest BCUT2D eigenvalue weighted by Gasteiger charge is -2.43. The van der Waals surface area contributed by atoms with E-state index >= 15 is 0 Å². The molecule has 2 aromatic rings. The number of hydrogen-bond donors (Lipinski definition) is 1. The molecule has 1 N–H and O–H groups in total. The van der Waals surface area contributed by atoms with Crippen LogP contribution in [0.25, 0.3) is 0 Å². The summed E-state index contributed by atoms with van der Waals surface area (Å²) in [6, 6.07) is 2.66. The van der Waals surface area contributed by atoms with Crippen molar-refractivity contribution in [2.75, 3.05) is 11.8 Å². The van der Waals surface area contributed by atoms with Crippen LogP contribution < -0.4 is 9.46 Å². The van der Waals surface area contributed by atoms with Gasteiger partial charge in [0.2, 0.25) is 0 Å². The molecule has 33 heavy (non-hydrogen) atoms. The molecule has 1 aliphatic carbocycles. The highest BCUT2D eigenvalue weighted by molar-refractivity contribution is 7.92. The normalized spacial score (nSPS) is 21.1. The van der Waals surface area contributed by atoms with Crippen molar-refractivity contribution in [3.8, 4) is 5.75 Å². The minimum absolute atomic E-state index is 0.0694. The third-order valence-electron chi connectivity index (χ3n) is 5.70. The van der Waals surface area contributed by atoms with Crippen LogP contribution in [0.2, 0.25) is 0 Å². The van der Waals surface area contributed by atoms with Gasteiger partial charge in [-0.25, -0.2) is 27.2 Å². The molecule has 3 rings (SSSR count). The lowest BCUT2D eigenvalue weighted by Crippen LogP contribution is -2.46. The molecule has 1 fully saturated rings. The van der Waals surface area contributed by atoms with Gasteiger partial charge in [-0.2, -0.15) is 5.10 Å². The Morgan fingerprint density at radius 2 is 2.12 bits per heavy atom. The van der Waals surface area contributed by atoms with Crippen LogP contribution in [0.1, 0.15) is 39.5 Å². The van der Waals surface area contributed by atoms with E-state index in [1.165, 1.54) is 12.3 Å². The topological polar surface area (TPSA) is 96.8 Å². The van der Waals surface area contributed by atoms with Crippen molar-refractivity contribution in [1.82, 2.24) is 15.0 Å². The van der Waals surface area contributed by atoms with Gasteiger partial charge in [-0.15, -0.1) is 0 Å². The van der Waals surface area contributed by atoms with Crippen molar-refractivity contribution < 1.29 is 21.9 Å². The number of aromatic nitrogens is 2. The summed E-state index contributed by atoms with van der Waals surface area (Å²) in [6.07, 6.45) is 7.21.